The minimum Gasteiger partial charge on any atom is -0.495 e. The van der Waals surface area contributed by atoms with E-state index < -0.39 is 11.9 Å². The minimum atomic E-state index is -0.544. The summed E-state index contributed by atoms with van der Waals surface area (Å²) >= 11 is 0. The zero-order valence-corrected chi connectivity index (χ0v) is 15.7. The van der Waals surface area contributed by atoms with Crippen molar-refractivity contribution in [1.29, 1.82) is 0 Å². The summed E-state index contributed by atoms with van der Waals surface area (Å²) in [6.07, 6.45) is 0.104. The van der Waals surface area contributed by atoms with Gasteiger partial charge < -0.3 is 19.1 Å². The predicted octanol–water partition coefficient (Wildman–Crippen LogP) is 3.36. The van der Waals surface area contributed by atoms with Crippen molar-refractivity contribution in [1.82, 2.24) is 0 Å². The Morgan fingerprint density at radius 2 is 1.89 bits per heavy atom. The number of esters is 1. The van der Waals surface area contributed by atoms with Crippen molar-refractivity contribution >= 4 is 17.6 Å². The molecule has 1 aliphatic rings. The van der Waals surface area contributed by atoms with Gasteiger partial charge in [0.05, 0.1) is 25.3 Å². The van der Waals surface area contributed by atoms with Crippen LogP contribution in [0, 0.1) is 12.8 Å². The summed E-state index contributed by atoms with van der Waals surface area (Å²) in [5, 5.41) is 0. The Kier molecular flexibility index (Phi) is 5.64. The molecule has 0 spiro atoms. The Balaban J connectivity index is 1.76. The number of hydrogen-bond donors (Lipinski definition) is 0. The van der Waals surface area contributed by atoms with Gasteiger partial charge in [-0.2, -0.15) is 0 Å². The molecule has 1 aliphatic heterocycles. The third-order valence-electron chi connectivity index (χ3n) is 4.44. The Bertz CT molecular complexity index is 848. The molecule has 142 valence electrons. The molecule has 0 bridgehead atoms. The van der Waals surface area contributed by atoms with Gasteiger partial charge in [-0.05, 0) is 43.7 Å². The number of anilines is 1. The lowest BCUT2D eigenvalue weighted by molar-refractivity contribution is -0.139. The zero-order valence-electron chi connectivity index (χ0n) is 15.7. The second-order valence-corrected chi connectivity index (χ2v) is 6.38. The number of amides is 1. The molecular weight excluding hydrogens is 346 g/mol. The van der Waals surface area contributed by atoms with E-state index >= 15 is 0 Å². The SMILES string of the molecule is CCOc1ccccc1OC(=O)C1CC(=O)N(c2cc(C)ccc2OC)C1. The Labute approximate surface area is 158 Å². The van der Waals surface area contributed by atoms with Crippen LogP contribution in [0.1, 0.15) is 18.9 Å². The fourth-order valence-corrected chi connectivity index (χ4v) is 3.11. The molecule has 6 nitrogen and oxygen atoms in total. The third-order valence-corrected chi connectivity index (χ3v) is 4.44. The summed E-state index contributed by atoms with van der Waals surface area (Å²) in [7, 11) is 1.56. The molecule has 2 aromatic carbocycles. The van der Waals surface area contributed by atoms with Gasteiger partial charge in [0.2, 0.25) is 5.91 Å². The van der Waals surface area contributed by atoms with E-state index in [-0.39, 0.29) is 18.9 Å². The standard InChI is InChI=1S/C21H23NO5/c1-4-26-18-7-5-6-8-19(18)27-21(24)15-12-20(23)22(13-15)16-11-14(2)9-10-17(16)25-3/h5-11,15H,4,12-13H2,1-3H3. The van der Waals surface area contributed by atoms with E-state index in [2.05, 4.69) is 0 Å². The smallest absolute Gasteiger partial charge is 0.316 e. The maximum Gasteiger partial charge on any atom is 0.316 e. The van der Waals surface area contributed by atoms with Gasteiger partial charge in [-0.15, -0.1) is 0 Å². The average molecular weight is 369 g/mol. The monoisotopic (exact) mass is 369 g/mol. The first-order valence-electron chi connectivity index (χ1n) is 8.92. The molecule has 0 saturated carbocycles. The third kappa shape index (κ3) is 4.05. The lowest BCUT2D eigenvalue weighted by Gasteiger charge is -2.20. The number of nitrogens with zero attached hydrogens (tertiary/aromatic N) is 1. The molecule has 1 saturated heterocycles. The summed E-state index contributed by atoms with van der Waals surface area (Å²) < 4.78 is 16.4. The van der Waals surface area contributed by atoms with Crippen molar-refractivity contribution in [2.45, 2.75) is 20.3 Å². The lowest BCUT2D eigenvalue weighted by Crippen LogP contribution is -2.27. The summed E-state index contributed by atoms with van der Waals surface area (Å²) in [4.78, 5) is 26.7. The van der Waals surface area contributed by atoms with E-state index in [9.17, 15) is 9.59 Å². The Morgan fingerprint density at radius 3 is 2.59 bits per heavy atom. The van der Waals surface area contributed by atoms with Crippen LogP contribution in [0.4, 0.5) is 5.69 Å². The molecular formula is C21H23NO5. The highest BCUT2D eigenvalue weighted by atomic mass is 16.6. The van der Waals surface area contributed by atoms with Crippen LogP contribution in [0.3, 0.4) is 0 Å². The van der Waals surface area contributed by atoms with E-state index in [1.54, 1.807) is 30.2 Å². The lowest BCUT2D eigenvalue weighted by atomic mass is 10.1. The number of ether oxygens (including phenoxy) is 3. The molecule has 1 unspecified atom stereocenters. The van der Waals surface area contributed by atoms with Gasteiger partial charge in [0.15, 0.2) is 11.5 Å². The van der Waals surface area contributed by atoms with Crippen molar-refractivity contribution in [2.24, 2.45) is 5.92 Å². The van der Waals surface area contributed by atoms with Crippen molar-refractivity contribution in [3.8, 4) is 17.2 Å². The second-order valence-electron chi connectivity index (χ2n) is 6.38. The molecule has 6 heteroatoms. The van der Waals surface area contributed by atoms with Crippen LogP contribution < -0.4 is 19.1 Å². The van der Waals surface area contributed by atoms with Crippen molar-refractivity contribution in [3.05, 3.63) is 48.0 Å². The molecule has 1 heterocycles. The van der Waals surface area contributed by atoms with Gasteiger partial charge in [0.1, 0.15) is 5.75 Å². The number of carbonyl (C=O) groups is 2. The highest BCUT2D eigenvalue weighted by molar-refractivity contribution is 6.00. The van der Waals surface area contributed by atoms with Crippen molar-refractivity contribution in [2.75, 3.05) is 25.2 Å². The van der Waals surface area contributed by atoms with Crippen LogP contribution in [0.25, 0.3) is 0 Å². The van der Waals surface area contributed by atoms with Gasteiger partial charge in [-0.25, -0.2) is 0 Å². The van der Waals surface area contributed by atoms with E-state index in [0.29, 0.717) is 29.5 Å². The molecule has 1 fully saturated rings. The van der Waals surface area contributed by atoms with Crippen LogP contribution in [-0.4, -0.2) is 32.1 Å². The second kappa shape index (κ2) is 8.12. The number of benzene rings is 2. The van der Waals surface area contributed by atoms with E-state index in [1.165, 1.54) is 0 Å². The fraction of sp³-hybridized carbons (Fsp3) is 0.333. The maximum absolute atomic E-state index is 12.6. The molecule has 1 atom stereocenters. The molecule has 0 radical (unpaired) electrons. The maximum atomic E-state index is 12.6. The first-order chi connectivity index (χ1) is 13.0. The highest BCUT2D eigenvalue weighted by Crippen LogP contribution is 2.35. The first-order valence-corrected chi connectivity index (χ1v) is 8.92. The average Bonchev–Trinajstić information content (AvgIpc) is 3.05. The zero-order chi connectivity index (χ0) is 19.4. The first kappa shape index (κ1) is 18.8. The number of methoxy groups -OCH3 is 1. The largest absolute Gasteiger partial charge is 0.495 e. The van der Waals surface area contributed by atoms with E-state index in [1.807, 2.05) is 38.1 Å². The highest BCUT2D eigenvalue weighted by Gasteiger charge is 2.37. The minimum absolute atomic E-state index is 0.104. The van der Waals surface area contributed by atoms with Gasteiger partial charge in [-0.1, -0.05) is 18.2 Å². The van der Waals surface area contributed by atoms with Gasteiger partial charge in [0, 0.05) is 13.0 Å². The molecule has 0 N–H and O–H groups in total. The summed E-state index contributed by atoms with van der Waals surface area (Å²) in [5.41, 5.74) is 1.68. The van der Waals surface area contributed by atoms with Crippen LogP contribution in [0.15, 0.2) is 42.5 Å². The molecule has 3 rings (SSSR count). The van der Waals surface area contributed by atoms with Crippen LogP contribution in [-0.2, 0) is 9.59 Å². The van der Waals surface area contributed by atoms with Crippen LogP contribution in [0.2, 0.25) is 0 Å². The van der Waals surface area contributed by atoms with Crippen LogP contribution in [0.5, 0.6) is 17.2 Å². The number of hydrogen-bond acceptors (Lipinski definition) is 5. The molecule has 27 heavy (non-hydrogen) atoms. The fourth-order valence-electron chi connectivity index (χ4n) is 3.11. The summed E-state index contributed by atoms with van der Waals surface area (Å²) in [5.74, 6) is 0.365. The quantitative estimate of drug-likeness (QED) is 0.577. The summed E-state index contributed by atoms with van der Waals surface area (Å²) in [6.45, 7) is 4.53. The van der Waals surface area contributed by atoms with Gasteiger partial charge in [-0.3, -0.25) is 9.59 Å². The molecule has 1 amide bonds. The van der Waals surface area contributed by atoms with E-state index in [0.717, 1.165) is 5.56 Å². The predicted molar refractivity (Wildman–Crippen MR) is 101 cm³/mol. The topological polar surface area (TPSA) is 65.1 Å². The van der Waals surface area contributed by atoms with Crippen molar-refractivity contribution < 1.29 is 23.8 Å². The molecule has 2 aromatic rings. The molecule has 0 aromatic heterocycles. The number of rotatable bonds is 6. The number of para-hydroxylation sites is 2. The van der Waals surface area contributed by atoms with Crippen molar-refractivity contribution in [3.63, 3.8) is 0 Å². The summed E-state index contributed by atoms with van der Waals surface area (Å²) in [6, 6.07) is 12.6. The van der Waals surface area contributed by atoms with Gasteiger partial charge in [0.25, 0.3) is 0 Å². The Morgan fingerprint density at radius 1 is 1.15 bits per heavy atom. The Hall–Kier alpha value is -3.02. The number of aryl methyl sites for hydroxylation is 1. The van der Waals surface area contributed by atoms with Gasteiger partial charge >= 0.3 is 5.97 Å². The number of carbonyl (C=O) groups excluding carboxylic acids is 2. The molecule has 0 aliphatic carbocycles. The normalized spacial score (nSPS) is 16.3. The van der Waals surface area contributed by atoms with Crippen LogP contribution >= 0.6 is 0 Å². The van der Waals surface area contributed by atoms with E-state index in [4.69, 9.17) is 14.2 Å².